The first kappa shape index (κ1) is 17.4. The van der Waals surface area contributed by atoms with Gasteiger partial charge in [0.25, 0.3) is 5.91 Å². The predicted octanol–water partition coefficient (Wildman–Crippen LogP) is 1.41. The highest BCUT2D eigenvalue weighted by Crippen LogP contribution is 2.26. The Hall–Kier alpha value is -2.45. The number of benzene rings is 2. The van der Waals surface area contributed by atoms with Crippen LogP contribution in [0.1, 0.15) is 5.56 Å². The number of hydrogen-bond acceptors (Lipinski definition) is 2. The molecule has 1 heterocycles. The van der Waals surface area contributed by atoms with Gasteiger partial charge in [0.2, 0.25) is 0 Å². The summed E-state index contributed by atoms with van der Waals surface area (Å²) in [4.78, 5) is 29.8. The number of imidazole rings is 1. The van der Waals surface area contributed by atoms with Crippen LogP contribution >= 0.6 is 15.9 Å². The number of H-pyrrole nitrogens is 2. The summed E-state index contributed by atoms with van der Waals surface area (Å²) in [5, 5.41) is 2.81. The van der Waals surface area contributed by atoms with Crippen LogP contribution in [0.25, 0.3) is 11.0 Å². The van der Waals surface area contributed by atoms with E-state index >= 15 is 0 Å². The number of fused-ring (bicyclic) bond motifs is 1. The zero-order valence-corrected chi connectivity index (χ0v) is 15.0. The van der Waals surface area contributed by atoms with Gasteiger partial charge < -0.3 is 20.2 Å². The number of anilines is 1. The molecule has 1 aromatic heterocycles. The quantitative estimate of drug-likeness (QED) is 0.515. The molecule has 0 saturated carbocycles. The number of hydrogen-bond donors (Lipinski definition) is 4. The second kappa shape index (κ2) is 7.20. The number of nitrogens with one attached hydrogen (secondary N) is 4. The molecule has 0 aliphatic heterocycles. The lowest BCUT2D eigenvalue weighted by Gasteiger charge is -2.15. The van der Waals surface area contributed by atoms with E-state index in [2.05, 4.69) is 31.2 Å². The van der Waals surface area contributed by atoms with E-state index in [9.17, 15) is 14.0 Å². The molecule has 1 unspecified atom stereocenters. The number of carbonyl (C=O) groups is 1. The van der Waals surface area contributed by atoms with Crippen LogP contribution in [0.15, 0.2) is 45.7 Å². The minimum Gasteiger partial charge on any atom is -0.326 e. The van der Waals surface area contributed by atoms with Gasteiger partial charge in [0.05, 0.1) is 23.8 Å². The van der Waals surface area contributed by atoms with Crippen molar-refractivity contribution in [2.24, 2.45) is 0 Å². The van der Waals surface area contributed by atoms with Crippen molar-refractivity contribution in [3.63, 3.8) is 0 Å². The van der Waals surface area contributed by atoms with Gasteiger partial charge in [-0.25, -0.2) is 9.18 Å². The summed E-state index contributed by atoms with van der Waals surface area (Å²) in [7, 11) is 1.83. The molecule has 0 aliphatic carbocycles. The number of rotatable bonds is 5. The number of carbonyl (C=O) groups excluding carboxylic acids is 1. The van der Waals surface area contributed by atoms with Crippen molar-refractivity contribution in [1.29, 1.82) is 0 Å². The maximum Gasteiger partial charge on any atom is 0.323 e. The molecule has 0 spiro atoms. The zero-order chi connectivity index (χ0) is 18.0. The zero-order valence-electron chi connectivity index (χ0n) is 13.5. The first-order valence-corrected chi connectivity index (χ1v) is 8.48. The molecule has 1 amide bonds. The third-order valence-corrected chi connectivity index (χ3v) is 4.45. The molecule has 3 aromatic rings. The molecule has 25 heavy (non-hydrogen) atoms. The molecule has 3 rings (SSSR count). The Balaban J connectivity index is 1.67. The molecule has 2 aromatic carbocycles. The van der Waals surface area contributed by atoms with Crippen LogP contribution in [0.2, 0.25) is 0 Å². The summed E-state index contributed by atoms with van der Waals surface area (Å²) < 4.78 is 14.3. The summed E-state index contributed by atoms with van der Waals surface area (Å²) in [6.45, 7) is 0.591. The third kappa shape index (κ3) is 4.15. The van der Waals surface area contributed by atoms with E-state index in [1.54, 1.807) is 30.3 Å². The normalized spacial score (nSPS) is 12.3. The fraction of sp³-hybridized carbons (Fsp3) is 0.176. The monoisotopic (exact) mass is 407 g/mol. The van der Waals surface area contributed by atoms with Crippen LogP contribution < -0.4 is 15.9 Å². The van der Waals surface area contributed by atoms with E-state index in [1.807, 2.05) is 7.05 Å². The Morgan fingerprint density at radius 1 is 1.24 bits per heavy atom. The van der Waals surface area contributed by atoms with Gasteiger partial charge >= 0.3 is 5.69 Å². The smallest absolute Gasteiger partial charge is 0.323 e. The van der Waals surface area contributed by atoms with Crippen molar-refractivity contribution in [1.82, 2.24) is 9.97 Å². The van der Waals surface area contributed by atoms with Gasteiger partial charge in [0.15, 0.2) is 6.54 Å². The number of halogens is 2. The fourth-order valence-corrected chi connectivity index (χ4v) is 3.09. The van der Waals surface area contributed by atoms with Gasteiger partial charge in [-0.2, -0.15) is 0 Å². The van der Waals surface area contributed by atoms with Crippen molar-refractivity contribution in [2.45, 2.75) is 6.54 Å². The number of likely N-dealkylation sites (N-methyl/N-ethyl adjacent to an activating group) is 1. The van der Waals surface area contributed by atoms with E-state index in [1.165, 1.54) is 6.07 Å². The van der Waals surface area contributed by atoms with Gasteiger partial charge in [0, 0.05) is 10.0 Å². The topological polar surface area (TPSA) is 82.2 Å². The van der Waals surface area contributed by atoms with Crippen LogP contribution in [0.3, 0.4) is 0 Å². The average Bonchev–Trinajstić information content (AvgIpc) is 2.88. The van der Waals surface area contributed by atoms with Crippen molar-refractivity contribution in [3.05, 3.63) is 62.7 Å². The molecule has 130 valence electrons. The van der Waals surface area contributed by atoms with E-state index < -0.39 is 0 Å². The van der Waals surface area contributed by atoms with Crippen molar-refractivity contribution < 1.29 is 14.1 Å². The van der Waals surface area contributed by atoms with Crippen molar-refractivity contribution in [3.8, 4) is 0 Å². The van der Waals surface area contributed by atoms with E-state index in [-0.39, 0.29) is 24.0 Å². The fourth-order valence-electron chi connectivity index (χ4n) is 2.65. The summed E-state index contributed by atoms with van der Waals surface area (Å²) in [6.07, 6.45) is 0. The lowest BCUT2D eigenvalue weighted by atomic mass is 10.2. The van der Waals surface area contributed by atoms with Gasteiger partial charge in [0.1, 0.15) is 12.4 Å². The molecule has 1 atom stereocenters. The maximum atomic E-state index is 13.7. The number of aromatic nitrogens is 2. The molecule has 8 heteroatoms. The van der Waals surface area contributed by atoms with Crippen LogP contribution in [0.5, 0.6) is 0 Å². The molecule has 4 N–H and O–H groups in total. The Bertz CT molecular complexity index is 982. The van der Waals surface area contributed by atoms with Gasteiger partial charge in [-0.3, -0.25) is 4.79 Å². The first-order chi connectivity index (χ1) is 11.9. The number of aromatic amines is 2. The Morgan fingerprint density at radius 3 is 2.64 bits per heavy atom. The Kier molecular flexibility index (Phi) is 5.00. The Morgan fingerprint density at radius 2 is 1.92 bits per heavy atom. The average molecular weight is 408 g/mol. The molecule has 0 saturated heterocycles. The molecule has 0 fully saturated rings. The summed E-state index contributed by atoms with van der Waals surface area (Å²) in [5.74, 6) is -0.473. The second-order valence-electron chi connectivity index (χ2n) is 5.91. The van der Waals surface area contributed by atoms with Gasteiger partial charge in [-0.05, 0) is 34.1 Å². The van der Waals surface area contributed by atoms with Crippen LogP contribution in [-0.2, 0) is 11.3 Å². The predicted molar refractivity (Wildman–Crippen MR) is 97.1 cm³/mol. The summed E-state index contributed by atoms with van der Waals surface area (Å²) >= 11 is 3.38. The van der Waals surface area contributed by atoms with Crippen LogP contribution in [0.4, 0.5) is 10.1 Å². The molecule has 0 aliphatic rings. The van der Waals surface area contributed by atoms with Crippen molar-refractivity contribution >= 4 is 38.6 Å². The van der Waals surface area contributed by atoms with E-state index in [0.717, 1.165) is 4.90 Å². The van der Waals surface area contributed by atoms with Crippen LogP contribution in [-0.4, -0.2) is 29.5 Å². The molecule has 0 bridgehead atoms. The highest BCUT2D eigenvalue weighted by molar-refractivity contribution is 9.10. The van der Waals surface area contributed by atoms with E-state index in [4.69, 9.17) is 0 Å². The third-order valence-electron chi connectivity index (χ3n) is 3.79. The number of quaternary nitrogens is 1. The second-order valence-corrected chi connectivity index (χ2v) is 6.76. The lowest BCUT2D eigenvalue weighted by Crippen LogP contribution is -3.08. The van der Waals surface area contributed by atoms with Gasteiger partial charge in [-0.15, -0.1) is 0 Å². The first-order valence-electron chi connectivity index (χ1n) is 7.68. The number of amides is 1. The minimum absolute atomic E-state index is 0.183. The van der Waals surface area contributed by atoms with Crippen LogP contribution in [0, 0.1) is 5.82 Å². The van der Waals surface area contributed by atoms with Gasteiger partial charge in [-0.1, -0.05) is 18.2 Å². The molecule has 0 radical (unpaired) electrons. The van der Waals surface area contributed by atoms with Crippen molar-refractivity contribution in [2.75, 3.05) is 18.9 Å². The lowest BCUT2D eigenvalue weighted by molar-refractivity contribution is -0.885. The van der Waals surface area contributed by atoms with E-state index in [0.29, 0.717) is 33.3 Å². The molecular weight excluding hydrogens is 391 g/mol. The highest BCUT2D eigenvalue weighted by Gasteiger charge is 2.14. The molecule has 6 nitrogen and oxygen atoms in total. The molecular formula is C17H17BrFN4O2+. The maximum absolute atomic E-state index is 13.7. The standard InChI is InChI=1S/C17H16BrFN4O2/c1-23(8-10-4-2-3-5-12(10)19)9-16(24)20-13-7-15-14(6-11(13)18)21-17(25)22-15/h2-7H,8-9H2,1H3,(H,20,24)(H2,21,22,25)/p+1. The highest BCUT2D eigenvalue weighted by atomic mass is 79.9. The summed E-state index contributed by atoms with van der Waals surface area (Å²) in [5.41, 5.74) is 2.08. The summed E-state index contributed by atoms with van der Waals surface area (Å²) in [6, 6.07) is 9.94. The largest absolute Gasteiger partial charge is 0.326 e. The minimum atomic E-state index is -0.306. The Labute approximate surface area is 151 Å². The SMILES string of the molecule is C[NH+](CC(=O)Nc1cc2[nH]c(=O)[nH]c2cc1Br)Cc1ccccc1F.